The Bertz CT molecular complexity index is 559. The van der Waals surface area contributed by atoms with Crippen LogP contribution in [-0.4, -0.2) is 29.8 Å². The lowest BCUT2D eigenvalue weighted by Gasteiger charge is -2.37. The number of carbonyl (C=O) groups excluding carboxylic acids is 1. The zero-order valence-corrected chi connectivity index (χ0v) is 16.7. The van der Waals surface area contributed by atoms with E-state index >= 15 is 0 Å². The van der Waals surface area contributed by atoms with Crippen LogP contribution < -0.4 is 0 Å². The molecule has 0 heterocycles. The van der Waals surface area contributed by atoms with Crippen LogP contribution >= 0.6 is 0 Å². The van der Waals surface area contributed by atoms with Gasteiger partial charge in [-0.3, -0.25) is 9.69 Å². The van der Waals surface area contributed by atoms with Gasteiger partial charge in [0.25, 0.3) is 0 Å². The molecule has 0 unspecified atom stereocenters. The molecule has 2 heteroatoms. The Morgan fingerprint density at radius 3 is 2.21 bits per heavy atom. The fourth-order valence-electron chi connectivity index (χ4n) is 2.99. The molecule has 0 aliphatic carbocycles. The van der Waals surface area contributed by atoms with Crippen LogP contribution in [0.4, 0.5) is 0 Å². The maximum atomic E-state index is 12.8. The number of hydrogen-bond donors (Lipinski definition) is 0. The van der Waals surface area contributed by atoms with E-state index in [1.165, 1.54) is 11.1 Å². The fourth-order valence-corrected chi connectivity index (χ4v) is 2.99. The van der Waals surface area contributed by atoms with E-state index in [4.69, 9.17) is 0 Å². The largest absolute Gasteiger partial charge is 0.298 e. The van der Waals surface area contributed by atoms with Crippen molar-refractivity contribution in [3.05, 3.63) is 41.5 Å². The number of ketones is 1. The fraction of sp³-hybridized carbons (Fsp3) is 0.591. The Labute approximate surface area is 149 Å². The molecule has 1 aromatic rings. The molecule has 24 heavy (non-hydrogen) atoms. The molecular weight excluding hydrogens is 294 g/mol. The lowest BCUT2D eigenvalue weighted by Crippen LogP contribution is -2.49. The summed E-state index contributed by atoms with van der Waals surface area (Å²) < 4.78 is 0. The molecule has 0 aliphatic heterocycles. The molecule has 1 aromatic carbocycles. The van der Waals surface area contributed by atoms with Crippen molar-refractivity contribution in [2.24, 2.45) is 17.8 Å². The number of benzene rings is 1. The van der Waals surface area contributed by atoms with E-state index in [2.05, 4.69) is 83.0 Å². The molecule has 0 radical (unpaired) electrons. The zero-order chi connectivity index (χ0) is 18.4. The Morgan fingerprint density at radius 1 is 1.08 bits per heavy atom. The van der Waals surface area contributed by atoms with E-state index in [1.54, 1.807) is 0 Å². The second kappa shape index (κ2) is 9.17. The molecule has 3 atom stereocenters. The maximum Gasteiger partial charge on any atom is 0.152 e. The third-order valence-corrected chi connectivity index (χ3v) is 5.08. The van der Waals surface area contributed by atoms with Crippen molar-refractivity contribution in [3.8, 4) is 0 Å². The van der Waals surface area contributed by atoms with E-state index in [0.717, 1.165) is 0 Å². The number of carbonyl (C=O) groups is 1. The molecule has 0 amide bonds. The van der Waals surface area contributed by atoms with Gasteiger partial charge in [-0.25, -0.2) is 0 Å². The number of rotatable bonds is 8. The van der Waals surface area contributed by atoms with E-state index in [0.29, 0.717) is 17.7 Å². The van der Waals surface area contributed by atoms with Gasteiger partial charge < -0.3 is 0 Å². The summed E-state index contributed by atoms with van der Waals surface area (Å²) in [6.07, 6.45) is 4.43. The van der Waals surface area contributed by atoms with Crippen LogP contribution in [0.5, 0.6) is 0 Å². The summed E-state index contributed by atoms with van der Waals surface area (Å²) in [7, 11) is 2.07. The van der Waals surface area contributed by atoms with Gasteiger partial charge in [0.05, 0.1) is 6.04 Å². The van der Waals surface area contributed by atoms with Crippen LogP contribution in [0.2, 0.25) is 0 Å². The van der Waals surface area contributed by atoms with Crippen molar-refractivity contribution in [1.82, 2.24) is 4.90 Å². The van der Waals surface area contributed by atoms with Gasteiger partial charge in [-0.15, -0.1) is 0 Å². The first-order valence-electron chi connectivity index (χ1n) is 9.15. The standard InChI is InChI=1S/C22H35NO/c1-15(2)22(24)21(23(8)16(3)4)19(7)18(6)12-13-20-11-9-10-17(5)14-20/h9-16,18-19,21H,1-8H3/b13-12+/t18-,19-,21+/m1/s1. The van der Waals surface area contributed by atoms with Gasteiger partial charge in [0.2, 0.25) is 0 Å². The van der Waals surface area contributed by atoms with Gasteiger partial charge in [-0.2, -0.15) is 0 Å². The van der Waals surface area contributed by atoms with Gasteiger partial charge in [-0.1, -0.05) is 69.7 Å². The number of hydrogen-bond acceptors (Lipinski definition) is 2. The van der Waals surface area contributed by atoms with Crippen LogP contribution in [0.25, 0.3) is 6.08 Å². The van der Waals surface area contributed by atoms with E-state index in [1.807, 2.05) is 13.8 Å². The second-order valence-electron chi connectivity index (χ2n) is 7.75. The molecule has 0 aliphatic rings. The van der Waals surface area contributed by atoms with Crippen LogP contribution in [0, 0.1) is 24.7 Å². The summed E-state index contributed by atoms with van der Waals surface area (Å²) in [5, 5.41) is 0. The average molecular weight is 330 g/mol. The molecule has 0 bridgehead atoms. The Balaban J connectivity index is 2.96. The van der Waals surface area contributed by atoms with Crippen molar-refractivity contribution >= 4 is 11.9 Å². The number of aryl methyl sites for hydroxylation is 1. The van der Waals surface area contributed by atoms with E-state index in [-0.39, 0.29) is 17.9 Å². The summed E-state index contributed by atoms with van der Waals surface area (Å²) in [4.78, 5) is 15.0. The first kappa shape index (κ1) is 20.6. The highest BCUT2D eigenvalue weighted by Crippen LogP contribution is 2.25. The molecule has 2 nitrogen and oxygen atoms in total. The number of nitrogens with zero attached hydrogens (tertiary/aromatic N) is 1. The van der Waals surface area contributed by atoms with Gasteiger partial charge in [0, 0.05) is 12.0 Å². The summed E-state index contributed by atoms with van der Waals surface area (Å²) in [5.41, 5.74) is 2.49. The van der Waals surface area contributed by atoms with E-state index in [9.17, 15) is 4.79 Å². The second-order valence-corrected chi connectivity index (χ2v) is 7.75. The highest BCUT2D eigenvalue weighted by molar-refractivity contribution is 5.86. The number of likely N-dealkylation sites (N-methyl/N-ethyl adjacent to an activating group) is 1. The average Bonchev–Trinajstić information content (AvgIpc) is 2.52. The number of allylic oxidation sites excluding steroid dienone is 1. The quantitative estimate of drug-likeness (QED) is 0.652. The van der Waals surface area contributed by atoms with Crippen LogP contribution in [0.15, 0.2) is 30.3 Å². The molecule has 0 saturated carbocycles. The van der Waals surface area contributed by atoms with Gasteiger partial charge in [-0.05, 0) is 45.2 Å². The van der Waals surface area contributed by atoms with Crippen molar-refractivity contribution in [3.63, 3.8) is 0 Å². The maximum absolute atomic E-state index is 12.8. The van der Waals surface area contributed by atoms with Gasteiger partial charge in [0.15, 0.2) is 5.78 Å². The van der Waals surface area contributed by atoms with Crippen molar-refractivity contribution in [2.75, 3.05) is 7.05 Å². The minimum Gasteiger partial charge on any atom is -0.298 e. The molecular formula is C22H35NO. The molecule has 0 fully saturated rings. The minimum atomic E-state index is -0.0397. The van der Waals surface area contributed by atoms with Gasteiger partial charge >= 0.3 is 0 Å². The Hall–Kier alpha value is -1.41. The minimum absolute atomic E-state index is 0.0397. The molecule has 0 spiro atoms. The molecule has 0 aromatic heterocycles. The SMILES string of the molecule is Cc1cccc(/C=C/[C@@H](C)[C@@H](C)[C@@H](C(=O)C(C)C)N(C)C(C)C)c1. The van der Waals surface area contributed by atoms with Crippen molar-refractivity contribution in [2.45, 2.75) is 60.5 Å². The van der Waals surface area contributed by atoms with Crippen LogP contribution in [0.3, 0.4) is 0 Å². The summed E-state index contributed by atoms with van der Waals surface area (Å²) in [5.74, 6) is 1.01. The lowest BCUT2D eigenvalue weighted by molar-refractivity contribution is -0.129. The third-order valence-electron chi connectivity index (χ3n) is 5.08. The van der Waals surface area contributed by atoms with Crippen LogP contribution in [0.1, 0.15) is 52.7 Å². The Morgan fingerprint density at radius 2 is 1.71 bits per heavy atom. The normalized spacial score (nSPS) is 16.1. The molecule has 0 N–H and O–H groups in total. The topological polar surface area (TPSA) is 20.3 Å². The first-order chi connectivity index (χ1) is 11.1. The first-order valence-corrected chi connectivity index (χ1v) is 9.15. The molecule has 0 saturated heterocycles. The summed E-state index contributed by atoms with van der Waals surface area (Å²) >= 11 is 0. The third kappa shape index (κ3) is 5.59. The smallest absolute Gasteiger partial charge is 0.152 e. The summed E-state index contributed by atoms with van der Waals surface area (Å²) in [6.45, 7) is 14.8. The highest BCUT2D eigenvalue weighted by Gasteiger charge is 2.33. The van der Waals surface area contributed by atoms with Crippen molar-refractivity contribution in [1.29, 1.82) is 0 Å². The summed E-state index contributed by atoms with van der Waals surface area (Å²) in [6, 6.07) is 8.82. The highest BCUT2D eigenvalue weighted by atomic mass is 16.1. The Kier molecular flexibility index (Phi) is 7.89. The predicted octanol–water partition coefficient (Wildman–Crippen LogP) is 5.21. The van der Waals surface area contributed by atoms with Crippen LogP contribution in [-0.2, 0) is 4.79 Å². The lowest BCUT2D eigenvalue weighted by atomic mass is 9.82. The zero-order valence-electron chi connectivity index (χ0n) is 16.7. The van der Waals surface area contributed by atoms with Crippen molar-refractivity contribution < 1.29 is 4.79 Å². The van der Waals surface area contributed by atoms with Gasteiger partial charge in [0.1, 0.15) is 0 Å². The monoisotopic (exact) mass is 329 g/mol. The molecule has 134 valence electrons. The number of Topliss-reactive ketones (excluding diaryl/α,β-unsaturated/α-hetero) is 1. The van der Waals surface area contributed by atoms with E-state index < -0.39 is 0 Å². The predicted molar refractivity (Wildman–Crippen MR) is 105 cm³/mol. The molecule has 1 rings (SSSR count).